The Bertz CT molecular complexity index is 3390. The molecule has 12 rings (SSSR count). The standard InChI is InChI=1S/C57H42N4/c1-56(2)47-22-12-9-19-44(47)50-45(20-14-23-48(50)56)54-58-53(39-31-29-38(30-32-39)37-27-25-36(26-28-37)35-15-6-5-7-16-35)59-55(60-54)61-49-24-13-10-18-41(49)43-34-33-42-40-17-8-11-21-46(40)57(3,4)51(42)52(43)61/h5-34H,1-4H3. The predicted molar refractivity (Wildman–Crippen MR) is 251 cm³/mol. The quantitative estimate of drug-likeness (QED) is 0.175. The largest absolute Gasteiger partial charge is 0.277 e. The van der Waals surface area contributed by atoms with Crippen LogP contribution in [-0.4, -0.2) is 19.5 Å². The molecule has 0 N–H and O–H groups in total. The molecule has 2 aliphatic carbocycles. The van der Waals surface area contributed by atoms with Crippen LogP contribution in [-0.2, 0) is 10.8 Å². The summed E-state index contributed by atoms with van der Waals surface area (Å²) < 4.78 is 2.31. The molecular formula is C57H42N4. The first-order valence-electron chi connectivity index (χ1n) is 21.2. The molecular weight excluding hydrogens is 741 g/mol. The van der Waals surface area contributed by atoms with Crippen LogP contribution in [0, 0.1) is 0 Å². The Balaban J connectivity index is 1.09. The smallest absolute Gasteiger partial charge is 0.238 e. The second-order valence-electron chi connectivity index (χ2n) is 17.6. The number of para-hydroxylation sites is 1. The summed E-state index contributed by atoms with van der Waals surface area (Å²) in [6.07, 6.45) is 0. The van der Waals surface area contributed by atoms with Gasteiger partial charge in [0.2, 0.25) is 5.95 Å². The third-order valence-electron chi connectivity index (χ3n) is 13.5. The molecule has 0 bridgehead atoms. The van der Waals surface area contributed by atoms with Crippen LogP contribution in [0.1, 0.15) is 49.9 Å². The van der Waals surface area contributed by atoms with Crippen molar-refractivity contribution in [3.8, 4) is 73.2 Å². The van der Waals surface area contributed by atoms with Crippen molar-refractivity contribution in [2.75, 3.05) is 0 Å². The van der Waals surface area contributed by atoms with E-state index in [2.05, 4.69) is 214 Å². The summed E-state index contributed by atoms with van der Waals surface area (Å²) in [7, 11) is 0. The van der Waals surface area contributed by atoms with Gasteiger partial charge in [0.1, 0.15) is 0 Å². The first-order valence-corrected chi connectivity index (χ1v) is 21.2. The highest BCUT2D eigenvalue weighted by atomic mass is 15.2. The van der Waals surface area contributed by atoms with Gasteiger partial charge in [-0.05, 0) is 72.8 Å². The van der Waals surface area contributed by atoms with Crippen molar-refractivity contribution in [1.29, 1.82) is 0 Å². The van der Waals surface area contributed by atoms with Gasteiger partial charge < -0.3 is 0 Å². The lowest BCUT2D eigenvalue weighted by Crippen LogP contribution is -2.17. The first-order chi connectivity index (χ1) is 29.8. The molecule has 8 aromatic carbocycles. The van der Waals surface area contributed by atoms with E-state index in [0.29, 0.717) is 17.6 Å². The van der Waals surface area contributed by atoms with Gasteiger partial charge in [0, 0.05) is 32.7 Å². The Kier molecular flexibility index (Phi) is 7.59. The maximum absolute atomic E-state index is 5.53. The zero-order valence-corrected chi connectivity index (χ0v) is 34.6. The number of nitrogens with zero attached hydrogens (tertiary/aromatic N) is 4. The third kappa shape index (κ3) is 5.21. The van der Waals surface area contributed by atoms with E-state index in [1.54, 1.807) is 0 Å². The average Bonchev–Trinajstić information content (AvgIpc) is 3.86. The molecule has 0 saturated heterocycles. The molecule has 2 aliphatic rings. The van der Waals surface area contributed by atoms with Gasteiger partial charge in [-0.2, -0.15) is 9.97 Å². The van der Waals surface area contributed by atoms with E-state index in [4.69, 9.17) is 15.0 Å². The van der Waals surface area contributed by atoms with Crippen LogP contribution in [0.3, 0.4) is 0 Å². The van der Waals surface area contributed by atoms with E-state index in [-0.39, 0.29) is 10.8 Å². The highest BCUT2D eigenvalue weighted by molar-refractivity contribution is 6.13. The third-order valence-corrected chi connectivity index (χ3v) is 13.5. The van der Waals surface area contributed by atoms with Crippen LogP contribution in [0.5, 0.6) is 0 Å². The summed E-state index contributed by atoms with van der Waals surface area (Å²) in [6.45, 7) is 9.35. The number of fused-ring (bicyclic) bond motifs is 10. The number of rotatable bonds is 5. The van der Waals surface area contributed by atoms with E-state index >= 15 is 0 Å². The van der Waals surface area contributed by atoms with E-state index in [1.807, 2.05) is 0 Å². The van der Waals surface area contributed by atoms with Crippen molar-refractivity contribution in [1.82, 2.24) is 19.5 Å². The van der Waals surface area contributed by atoms with Crippen LogP contribution in [0.2, 0.25) is 0 Å². The van der Waals surface area contributed by atoms with Crippen molar-refractivity contribution in [2.45, 2.75) is 38.5 Å². The Morgan fingerprint density at radius 1 is 0.361 bits per heavy atom. The number of aromatic nitrogens is 4. The fourth-order valence-electron chi connectivity index (χ4n) is 10.5. The van der Waals surface area contributed by atoms with Crippen molar-refractivity contribution in [3.05, 3.63) is 204 Å². The van der Waals surface area contributed by atoms with Gasteiger partial charge in [-0.3, -0.25) is 4.57 Å². The van der Waals surface area contributed by atoms with Crippen LogP contribution in [0.4, 0.5) is 0 Å². The summed E-state index contributed by atoms with van der Waals surface area (Å²) in [5.74, 6) is 1.90. The number of hydrogen-bond acceptors (Lipinski definition) is 3. The maximum Gasteiger partial charge on any atom is 0.238 e. The summed E-state index contributed by atoms with van der Waals surface area (Å²) in [5.41, 5.74) is 18.7. The van der Waals surface area contributed by atoms with Crippen molar-refractivity contribution < 1.29 is 0 Å². The molecule has 4 heteroatoms. The minimum Gasteiger partial charge on any atom is -0.277 e. The number of hydrogen-bond donors (Lipinski definition) is 0. The van der Waals surface area contributed by atoms with Gasteiger partial charge in [0.25, 0.3) is 0 Å². The Hall–Kier alpha value is -7.43. The monoisotopic (exact) mass is 782 g/mol. The molecule has 290 valence electrons. The van der Waals surface area contributed by atoms with E-state index in [1.165, 1.54) is 66.4 Å². The van der Waals surface area contributed by atoms with Gasteiger partial charge in [0.15, 0.2) is 11.6 Å². The molecule has 0 radical (unpaired) electrons. The molecule has 0 atom stereocenters. The van der Waals surface area contributed by atoms with E-state index in [0.717, 1.165) is 33.3 Å². The van der Waals surface area contributed by atoms with Gasteiger partial charge in [-0.25, -0.2) is 4.98 Å². The fraction of sp³-hybridized carbons (Fsp3) is 0.105. The first kappa shape index (κ1) is 35.5. The Morgan fingerprint density at radius 2 is 0.902 bits per heavy atom. The van der Waals surface area contributed by atoms with Gasteiger partial charge in [0.05, 0.1) is 11.0 Å². The summed E-state index contributed by atoms with van der Waals surface area (Å²) in [5, 5.41) is 2.37. The van der Waals surface area contributed by atoms with Crippen molar-refractivity contribution >= 4 is 21.8 Å². The highest BCUT2D eigenvalue weighted by Gasteiger charge is 2.40. The molecule has 0 saturated carbocycles. The molecule has 61 heavy (non-hydrogen) atoms. The lowest BCUT2D eigenvalue weighted by molar-refractivity contribution is 0.660. The SMILES string of the molecule is CC1(C)c2ccccc2-c2c(-c3nc(-c4ccc(-c5ccc(-c6ccccc6)cc5)cc4)nc(-n4c5ccccc5c5ccc6c(c54)C(C)(C)c4ccccc4-6)n3)cccc21. The van der Waals surface area contributed by atoms with E-state index < -0.39 is 0 Å². The zero-order valence-electron chi connectivity index (χ0n) is 34.6. The van der Waals surface area contributed by atoms with Crippen LogP contribution >= 0.6 is 0 Å². The molecule has 0 spiro atoms. The minimum absolute atomic E-state index is 0.163. The molecule has 0 unspecified atom stereocenters. The van der Waals surface area contributed by atoms with Crippen LogP contribution in [0.25, 0.3) is 95.0 Å². The second kappa shape index (κ2) is 13.0. The fourth-order valence-corrected chi connectivity index (χ4v) is 10.5. The normalized spacial score (nSPS) is 14.2. The van der Waals surface area contributed by atoms with Gasteiger partial charge in [-0.1, -0.05) is 204 Å². The van der Waals surface area contributed by atoms with E-state index in [9.17, 15) is 0 Å². The predicted octanol–water partition coefficient (Wildman–Crippen LogP) is 14.2. The average molecular weight is 783 g/mol. The van der Waals surface area contributed by atoms with Crippen molar-refractivity contribution in [3.63, 3.8) is 0 Å². The summed E-state index contributed by atoms with van der Waals surface area (Å²) in [4.78, 5) is 16.4. The molecule has 0 fully saturated rings. The minimum atomic E-state index is -0.249. The highest BCUT2D eigenvalue weighted by Crippen LogP contribution is 2.54. The van der Waals surface area contributed by atoms with Gasteiger partial charge >= 0.3 is 0 Å². The zero-order chi connectivity index (χ0) is 41.0. The summed E-state index contributed by atoms with van der Waals surface area (Å²) in [6, 6.07) is 65.5. The van der Waals surface area contributed by atoms with Crippen LogP contribution in [0.15, 0.2) is 182 Å². The second-order valence-corrected chi connectivity index (χ2v) is 17.6. The molecule has 10 aromatic rings. The number of benzene rings is 8. The lowest BCUT2D eigenvalue weighted by atomic mass is 9.81. The topological polar surface area (TPSA) is 43.6 Å². The maximum atomic E-state index is 5.53. The molecule has 0 amide bonds. The molecule has 0 aliphatic heterocycles. The lowest BCUT2D eigenvalue weighted by Gasteiger charge is -2.23. The summed E-state index contributed by atoms with van der Waals surface area (Å²) >= 11 is 0. The molecule has 2 aromatic heterocycles. The molecule has 4 nitrogen and oxygen atoms in total. The molecule has 2 heterocycles. The van der Waals surface area contributed by atoms with Crippen LogP contribution < -0.4 is 0 Å². The van der Waals surface area contributed by atoms with Gasteiger partial charge in [-0.15, -0.1) is 0 Å². The Labute approximate surface area is 355 Å². The Morgan fingerprint density at radius 3 is 1.62 bits per heavy atom. The van der Waals surface area contributed by atoms with Crippen molar-refractivity contribution in [2.24, 2.45) is 0 Å².